The highest BCUT2D eigenvalue weighted by Gasteiger charge is 2.26. The van der Waals surface area contributed by atoms with Crippen molar-refractivity contribution in [1.29, 1.82) is 0 Å². The van der Waals surface area contributed by atoms with Gasteiger partial charge in [0.25, 0.3) is 0 Å². The molecule has 3 heterocycles. The van der Waals surface area contributed by atoms with Gasteiger partial charge in [0.2, 0.25) is 0 Å². The Morgan fingerprint density at radius 3 is 2.46 bits per heavy atom. The summed E-state index contributed by atoms with van der Waals surface area (Å²) in [5, 5.41) is 3.45. The fourth-order valence-corrected chi connectivity index (χ4v) is 4.35. The SMILES string of the molecule is CCOc1cccc(Cc2nc3c(c(N4CCOCC4)n2)N=C(Nc2cccc(OCC)c2)C3)c1. The smallest absolute Gasteiger partial charge is 0.158 e. The average Bonchev–Trinajstić information content (AvgIpc) is 3.27. The van der Waals surface area contributed by atoms with Crippen molar-refractivity contribution in [2.75, 3.05) is 49.7 Å². The number of hydrogen-bond donors (Lipinski definition) is 1. The summed E-state index contributed by atoms with van der Waals surface area (Å²) in [4.78, 5) is 17.1. The topological polar surface area (TPSA) is 81.1 Å². The Morgan fingerprint density at radius 1 is 0.943 bits per heavy atom. The van der Waals surface area contributed by atoms with Crippen LogP contribution in [-0.4, -0.2) is 55.3 Å². The summed E-state index contributed by atoms with van der Waals surface area (Å²) in [6.45, 7) is 8.19. The summed E-state index contributed by atoms with van der Waals surface area (Å²) in [5.74, 6) is 4.22. The van der Waals surface area contributed by atoms with E-state index in [9.17, 15) is 0 Å². The summed E-state index contributed by atoms with van der Waals surface area (Å²) in [6.07, 6.45) is 1.25. The molecule has 3 aromatic rings. The van der Waals surface area contributed by atoms with E-state index in [0.29, 0.717) is 39.3 Å². The van der Waals surface area contributed by atoms with E-state index < -0.39 is 0 Å². The molecule has 8 heteroatoms. The van der Waals surface area contributed by atoms with Gasteiger partial charge in [0.05, 0.1) is 38.5 Å². The van der Waals surface area contributed by atoms with Crippen LogP contribution in [-0.2, 0) is 17.6 Å². The molecular formula is C27H31N5O3. The molecule has 1 fully saturated rings. The molecule has 2 aliphatic rings. The molecule has 0 saturated carbocycles. The molecule has 1 aromatic heterocycles. The first kappa shape index (κ1) is 23.1. The normalized spacial score (nSPS) is 14.9. The van der Waals surface area contributed by atoms with Gasteiger partial charge < -0.3 is 24.4 Å². The number of rotatable bonds is 8. The molecule has 0 atom stereocenters. The summed E-state index contributed by atoms with van der Waals surface area (Å²) in [5.41, 5.74) is 3.85. The van der Waals surface area contributed by atoms with Crippen molar-refractivity contribution < 1.29 is 14.2 Å². The van der Waals surface area contributed by atoms with Gasteiger partial charge in [-0.1, -0.05) is 18.2 Å². The third-order valence-electron chi connectivity index (χ3n) is 5.88. The van der Waals surface area contributed by atoms with Crippen LogP contribution in [0.1, 0.15) is 30.9 Å². The molecule has 35 heavy (non-hydrogen) atoms. The maximum Gasteiger partial charge on any atom is 0.158 e. The van der Waals surface area contributed by atoms with E-state index in [2.05, 4.69) is 22.3 Å². The molecule has 2 aliphatic heterocycles. The van der Waals surface area contributed by atoms with Gasteiger partial charge in [-0.2, -0.15) is 0 Å². The van der Waals surface area contributed by atoms with Crippen LogP contribution in [0.2, 0.25) is 0 Å². The summed E-state index contributed by atoms with van der Waals surface area (Å²) >= 11 is 0. The lowest BCUT2D eigenvalue weighted by Crippen LogP contribution is -2.37. The third-order valence-corrected chi connectivity index (χ3v) is 5.88. The van der Waals surface area contributed by atoms with Crippen LogP contribution in [0.15, 0.2) is 53.5 Å². The first-order valence-corrected chi connectivity index (χ1v) is 12.2. The first-order chi connectivity index (χ1) is 17.2. The van der Waals surface area contributed by atoms with Crippen molar-refractivity contribution in [1.82, 2.24) is 9.97 Å². The summed E-state index contributed by atoms with van der Waals surface area (Å²) in [7, 11) is 0. The zero-order valence-electron chi connectivity index (χ0n) is 20.3. The molecule has 8 nitrogen and oxygen atoms in total. The number of amidine groups is 1. The summed E-state index contributed by atoms with van der Waals surface area (Å²) < 4.78 is 16.9. The fourth-order valence-electron chi connectivity index (χ4n) is 4.35. The van der Waals surface area contributed by atoms with Crippen LogP contribution >= 0.6 is 0 Å². The highest BCUT2D eigenvalue weighted by Crippen LogP contribution is 2.36. The Bertz CT molecular complexity index is 1210. The quantitative estimate of drug-likeness (QED) is 0.519. The number of aliphatic imine (C=N–C) groups is 1. The monoisotopic (exact) mass is 473 g/mol. The van der Waals surface area contributed by atoms with Gasteiger partial charge in [0, 0.05) is 31.3 Å². The molecule has 0 aliphatic carbocycles. The molecule has 0 bridgehead atoms. The van der Waals surface area contributed by atoms with Crippen molar-refractivity contribution >= 4 is 23.0 Å². The lowest BCUT2D eigenvalue weighted by molar-refractivity contribution is 0.122. The summed E-state index contributed by atoms with van der Waals surface area (Å²) in [6, 6.07) is 16.1. The zero-order valence-corrected chi connectivity index (χ0v) is 20.3. The van der Waals surface area contributed by atoms with Crippen LogP contribution in [0.5, 0.6) is 11.5 Å². The number of benzene rings is 2. The number of nitrogens with zero attached hydrogens (tertiary/aromatic N) is 4. The molecule has 1 N–H and O–H groups in total. The number of hydrogen-bond acceptors (Lipinski definition) is 8. The van der Waals surface area contributed by atoms with Crippen molar-refractivity contribution in [3.8, 4) is 11.5 Å². The van der Waals surface area contributed by atoms with Gasteiger partial charge in [0.15, 0.2) is 5.82 Å². The maximum absolute atomic E-state index is 5.67. The van der Waals surface area contributed by atoms with Crippen LogP contribution < -0.4 is 19.7 Å². The predicted octanol–water partition coefficient (Wildman–Crippen LogP) is 4.40. The average molecular weight is 474 g/mol. The number of aromatic nitrogens is 2. The Balaban J connectivity index is 1.42. The van der Waals surface area contributed by atoms with Crippen LogP contribution in [0.3, 0.4) is 0 Å². The molecule has 0 spiro atoms. The van der Waals surface area contributed by atoms with E-state index in [1.165, 1.54) is 0 Å². The molecular weight excluding hydrogens is 442 g/mol. The minimum Gasteiger partial charge on any atom is -0.494 e. The van der Waals surface area contributed by atoms with E-state index in [4.69, 9.17) is 29.2 Å². The maximum atomic E-state index is 5.67. The standard InChI is InChI=1S/C27H31N5O3/c1-3-34-21-9-5-7-19(15-21)16-24-29-23-18-25(28-20-8-6-10-22(17-20)35-4-2)30-26(23)27(31-24)32-11-13-33-14-12-32/h5-10,15,17H,3-4,11-14,16,18H2,1-2H3,(H,28,30). The largest absolute Gasteiger partial charge is 0.494 e. The van der Waals surface area contributed by atoms with Gasteiger partial charge >= 0.3 is 0 Å². The lowest BCUT2D eigenvalue weighted by Gasteiger charge is -2.28. The van der Waals surface area contributed by atoms with Gasteiger partial charge in [-0.3, -0.25) is 0 Å². The second kappa shape index (κ2) is 10.7. The number of ether oxygens (including phenoxy) is 3. The highest BCUT2D eigenvalue weighted by atomic mass is 16.5. The van der Waals surface area contributed by atoms with Crippen molar-refractivity contribution in [2.45, 2.75) is 26.7 Å². The lowest BCUT2D eigenvalue weighted by atomic mass is 10.1. The molecule has 2 aromatic carbocycles. The number of fused-ring (bicyclic) bond motifs is 1. The van der Waals surface area contributed by atoms with E-state index in [0.717, 1.165) is 64.7 Å². The minimum atomic E-state index is 0.625. The molecule has 0 amide bonds. The van der Waals surface area contributed by atoms with Gasteiger partial charge in [-0.15, -0.1) is 0 Å². The Labute approximate surface area is 206 Å². The zero-order chi connectivity index (χ0) is 24.0. The van der Waals surface area contributed by atoms with E-state index in [1.807, 2.05) is 50.2 Å². The van der Waals surface area contributed by atoms with Gasteiger partial charge in [-0.25, -0.2) is 15.0 Å². The van der Waals surface area contributed by atoms with Crippen LogP contribution in [0.25, 0.3) is 0 Å². The van der Waals surface area contributed by atoms with Crippen LogP contribution in [0, 0.1) is 0 Å². The third kappa shape index (κ3) is 5.54. The minimum absolute atomic E-state index is 0.625. The first-order valence-electron chi connectivity index (χ1n) is 12.2. The second-order valence-corrected chi connectivity index (χ2v) is 8.44. The predicted molar refractivity (Wildman–Crippen MR) is 138 cm³/mol. The molecule has 182 valence electrons. The number of anilines is 2. The molecule has 0 unspecified atom stereocenters. The van der Waals surface area contributed by atoms with Crippen molar-refractivity contribution in [3.63, 3.8) is 0 Å². The van der Waals surface area contributed by atoms with Crippen molar-refractivity contribution in [3.05, 3.63) is 65.6 Å². The molecule has 0 radical (unpaired) electrons. The highest BCUT2D eigenvalue weighted by molar-refractivity contribution is 6.03. The Morgan fingerprint density at radius 2 is 1.69 bits per heavy atom. The Kier molecular flexibility index (Phi) is 7.09. The molecule has 1 saturated heterocycles. The van der Waals surface area contributed by atoms with Crippen LogP contribution in [0.4, 0.5) is 17.2 Å². The number of nitrogens with one attached hydrogen (secondary N) is 1. The molecule has 5 rings (SSSR count). The van der Waals surface area contributed by atoms with E-state index in [-0.39, 0.29) is 0 Å². The van der Waals surface area contributed by atoms with E-state index >= 15 is 0 Å². The van der Waals surface area contributed by atoms with E-state index in [1.54, 1.807) is 0 Å². The van der Waals surface area contributed by atoms with Gasteiger partial charge in [0.1, 0.15) is 28.8 Å². The van der Waals surface area contributed by atoms with Gasteiger partial charge in [-0.05, 0) is 43.7 Å². The number of morpholine rings is 1. The van der Waals surface area contributed by atoms with Crippen molar-refractivity contribution in [2.24, 2.45) is 4.99 Å². The Hall–Kier alpha value is -3.65. The second-order valence-electron chi connectivity index (χ2n) is 8.44. The fraction of sp³-hybridized carbons (Fsp3) is 0.370.